The van der Waals surface area contributed by atoms with Gasteiger partial charge in [-0.05, 0) is 24.4 Å². The maximum Gasteiger partial charge on any atom is 0.169 e. The molecule has 0 amide bonds. The number of piperazine rings is 1. The second-order valence-corrected chi connectivity index (χ2v) is 4.79. The average Bonchev–Trinajstić information content (AvgIpc) is 2.45. The smallest absolute Gasteiger partial charge is 0.169 e. The van der Waals surface area contributed by atoms with Gasteiger partial charge in [-0.15, -0.1) is 6.58 Å². The lowest BCUT2D eigenvalue weighted by Crippen LogP contribution is -2.51. The molecule has 0 bridgehead atoms. The third-order valence-corrected chi connectivity index (χ3v) is 3.56. The highest BCUT2D eigenvalue weighted by atomic mass is 32.1. The number of halogens is 1. The lowest BCUT2D eigenvalue weighted by atomic mass is 10.2. The first-order valence-corrected chi connectivity index (χ1v) is 6.76. The van der Waals surface area contributed by atoms with Gasteiger partial charge in [-0.2, -0.15) is 0 Å². The predicted molar refractivity (Wildman–Crippen MR) is 81.0 cm³/mol. The minimum Gasteiger partial charge on any atom is -0.366 e. The molecule has 2 rings (SSSR count). The monoisotopic (exact) mass is 279 g/mol. The Morgan fingerprint density at radius 1 is 1.32 bits per heavy atom. The molecule has 0 saturated carbocycles. The molecular weight excluding hydrogens is 261 g/mol. The van der Waals surface area contributed by atoms with Gasteiger partial charge in [-0.25, -0.2) is 4.39 Å². The van der Waals surface area contributed by atoms with Crippen LogP contribution in [0.3, 0.4) is 0 Å². The van der Waals surface area contributed by atoms with Gasteiger partial charge in [0, 0.05) is 32.7 Å². The molecule has 102 valence electrons. The molecule has 5 heteroatoms. The van der Waals surface area contributed by atoms with E-state index in [2.05, 4.69) is 21.7 Å². The van der Waals surface area contributed by atoms with Crippen molar-refractivity contribution in [2.45, 2.75) is 0 Å². The minimum atomic E-state index is -0.164. The molecule has 1 N–H and O–H groups in total. The zero-order chi connectivity index (χ0) is 13.7. The van der Waals surface area contributed by atoms with E-state index in [1.165, 1.54) is 6.07 Å². The summed E-state index contributed by atoms with van der Waals surface area (Å²) in [7, 11) is 0. The Hall–Kier alpha value is -1.62. The number of nitrogens with one attached hydrogen (secondary N) is 1. The minimum absolute atomic E-state index is 0.164. The highest BCUT2D eigenvalue weighted by molar-refractivity contribution is 7.80. The molecule has 1 fully saturated rings. The number of benzene rings is 1. The van der Waals surface area contributed by atoms with Gasteiger partial charge in [-0.3, -0.25) is 0 Å². The summed E-state index contributed by atoms with van der Waals surface area (Å²) in [5.41, 5.74) is 0.673. The summed E-state index contributed by atoms with van der Waals surface area (Å²) in [4.78, 5) is 4.16. The molecule has 1 aromatic rings. The summed E-state index contributed by atoms with van der Waals surface area (Å²) in [5, 5.41) is 3.86. The van der Waals surface area contributed by atoms with E-state index in [-0.39, 0.29) is 5.82 Å². The van der Waals surface area contributed by atoms with E-state index < -0.39 is 0 Å². The molecule has 1 heterocycles. The van der Waals surface area contributed by atoms with Crippen LogP contribution in [0.15, 0.2) is 36.9 Å². The van der Waals surface area contributed by atoms with Crippen LogP contribution in [0.4, 0.5) is 10.1 Å². The fourth-order valence-corrected chi connectivity index (χ4v) is 2.40. The molecule has 3 nitrogen and oxygen atoms in total. The van der Waals surface area contributed by atoms with Crippen LogP contribution in [0.5, 0.6) is 0 Å². The first-order chi connectivity index (χ1) is 9.22. The summed E-state index contributed by atoms with van der Waals surface area (Å²) in [6.07, 6.45) is 1.78. The highest BCUT2D eigenvalue weighted by Gasteiger charge is 2.20. The van der Waals surface area contributed by atoms with Crippen molar-refractivity contribution >= 4 is 23.0 Å². The normalized spacial score (nSPS) is 15.2. The number of thiocarbonyl (C=S) groups is 1. The Bertz CT molecular complexity index is 456. The Kier molecular flexibility index (Phi) is 4.74. The maximum absolute atomic E-state index is 13.7. The Balaban J connectivity index is 1.91. The van der Waals surface area contributed by atoms with E-state index in [4.69, 9.17) is 12.2 Å². The molecule has 0 aromatic heterocycles. The van der Waals surface area contributed by atoms with Gasteiger partial charge in [0.25, 0.3) is 0 Å². The molecule has 1 saturated heterocycles. The van der Waals surface area contributed by atoms with E-state index in [1.807, 2.05) is 12.1 Å². The van der Waals surface area contributed by atoms with Crippen LogP contribution in [0, 0.1) is 5.82 Å². The van der Waals surface area contributed by atoms with E-state index in [9.17, 15) is 4.39 Å². The fourth-order valence-electron chi connectivity index (χ4n) is 2.13. The van der Waals surface area contributed by atoms with Crippen LogP contribution < -0.4 is 10.2 Å². The van der Waals surface area contributed by atoms with E-state index >= 15 is 0 Å². The van der Waals surface area contributed by atoms with Gasteiger partial charge in [0.1, 0.15) is 5.82 Å². The average molecular weight is 279 g/mol. The molecule has 0 aliphatic carbocycles. The third-order valence-electron chi connectivity index (χ3n) is 3.16. The van der Waals surface area contributed by atoms with Crippen molar-refractivity contribution in [2.75, 3.05) is 37.6 Å². The fraction of sp³-hybridized carbons (Fsp3) is 0.357. The summed E-state index contributed by atoms with van der Waals surface area (Å²) in [6, 6.07) is 6.89. The first kappa shape index (κ1) is 13.8. The maximum atomic E-state index is 13.7. The number of hydrogen-bond donors (Lipinski definition) is 1. The van der Waals surface area contributed by atoms with Crippen molar-refractivity contribution in [3.05, 3.63) is 42.7 Å². The van der Waals surface area contributed by atoms with Gasteiger partial charge in [0.05, 0.1) is 5.69 Å². The molecule has 1 aliphatic rings. The quantitative estimate of drug-likeness (QED) is 0.673. The van der Waals surface area contributed by atoms with Gasteiger partial charge < -0.3 is 15.1 Å². The van der Waals surface area contributed by atoms with Gasteiger partial charge >= 0.3 is 0 Å². The SMILES string of the molecule is C=CCNC(=S)N1CCN(c2ccccc2F)CC1. The number of nitrogens with zero attached hydrogens (tertiary/aromatic N) is 2. The number of para-hydroxylation sites is 1. The molecule has 0 unspecified atom stereocenters. The summed E-state index contributed by atoms with van der Waals surface area (Å²) in [6.45, 7) is 7.48. The van der Waals surface area contributed by atoms with Crippen LogP contribution in [0.2, 0.25) is 0 Å². The van der Waals surface area contributed by atoms with Crippen LogP contribution in [-0.4, -0.2) is 42.7 Å². The topological polar surface area (TPSA) is 18.5 Å². The van der Waals surface area contributed by atoms with Gasteiger partial charge in [0.15, 0.2) is 5.11 Å². The summed E-state index contributed by atoms with van der Waals surface area (Å²) < 4.78 is 13.7. The molecular formula is C14H18FN3S. The molecule has 19 heavy (non-hydrogen) atoms. The van der Waals surface area contributed by atoms with E-state index in [1.54, 1.807) is 12.1 Å². The van der Waals surface area contributed by atoms with Gasteiger partial charge in [0.2, 0.25) is 0 Å². The van der Waals surface area contributed by atoms with Gasteiger partial charge in [-0.1, -0.05) is 18.2 Å². The molecule has 0 spiro atoms. The Labute approximate surface area is 118 Å². The lowest BCUT2D eigenvalue weighted by molar-refractivity contribution is 0.379. The van der Waals surface area contributed by atoms with Crippen molar-refractivity contribution < 1.29 is 4.39 Å². The number of hydrogen-bond acceptors (Lipinski definition) is 2. The highest BCUT2D eigenvalue weighted by Crippen LogP contribution is 2.20. The largest absolute Gasteiger partial charge is 0.366 e. The van der Waals surface area contributed by atoms with Crippen molar-refractivity contribution in [2.24, 2.45) is 0 Å². The second kappa shape index (κ2) is 6.52. The molecule has 1 aromatic carbocycles. The summed E-state index contributed by atoms with van der Waals surface area (Å²) >= 11 is 5.29. The number of rotatable bonds is 3. The zero-order valence-corrected chi connectivity index (χ0v) is 11.6. The second-order valence-electron chi connectivity index (χ2n) is 4.40. The van der Waals surface area contributed by atoms with Crippen LogP contribution in [0.1, 0.15) is 0 Å². The van der Waals surface area contributed by atoms with Crippen LogP contribution in [0.25, 0.3) is 0 Å². The van der Waals surface area contributed by atoms with Crippen LogP contribution in [-0.2, 0) is 0 Å². The van der Waals surface area contributed by atoms with Crippen molar-refractivity contribution in [1.29, 1.82) is 0 Å². The Morgan fingerprint density at radius 2 is 2.00 bits per heavy atom. The third kappa shape index (κ3) is 3.44. The van der Waals surface area contributed by atoms with Crippen molar-refractivity contribution in [3.8, 4) is 0 Å². The predicted octanol–water partition coefficient (Wildman–Crippen LogP) is 2.01. The Morgan fingerprint density at radius 3 is 2.63 bits per heavy atom. The molecule has 1 aliphatic heterocycles. The molecule has 0 radical (unpaired) electrons. The van der Waals surface area contributed by atoms with Crippen LogP contribution >= 0.6 is 12.2 Å². The number of anilines is 1. The first-order valence-electron chi connectivity index (χ1n) is 6.35. The standard InChI is InChI=1S/C14H18FN3S/c1-2-7-16-14(19)18-10-8-17(9-11-18)13-6-4-3-5-12(13)15/h2-6H,1,7-11H2,(H,16,19). The van der Waals surface area contributed by atoms with Crippen molar-refractivity contribution in [3.63, 3.8) is 0 Å². The molecule has 0 atom stereocenters. The van der Waals surface area contributed by atoms with E-state index in [0.29, 0.717) is 12.2 Å². The lowest BCUT2D eigenvalue weighted by Gasteiger charge is -2.37. The summed E-state index contributed by atoms with van der Waals surface area (Å²) in [5.74, 6) is -0.164. The van der Waals surface area contributed by atoms with E-state index in [0.717, 1.165) is 31.3 Å². The van der Waals surface area contributed by atoms with Crippen molar-refractivity contribution in [1.82, 2.24) is 10.2 Å². The zero-order valence-electron chi connectivity index (χ0n) is 10.8.